The Morgan fingerprint density at radius 2 is 1.89 bits per heavy atom. The van der Waals surface area contributed by atoms with Crippen molar-refractivity contribution in [2.24, 2.45) is 5.10 Å². The van der Waals surface area contributed by atoms with Crippen LogP contribution in [0.3, 0.4) is 0 Å². The molecule has 0 saturated heterocycles. The van der Waals surface area contributed by atoms with E-state index in [1.807, 2.05) is 18.2 Å². The number of methoxy groups -OCH3 is 1. The quantitative estimate of drug-likeness (QED) is 0.368. The van der Waals surface area contributed by atoms with Crippen molar-refractivity contribution in [2.75, 3.05) is 13.7 Å². The van der Waals surface area contributed by atoms with E-state index < -0.39 is 11.9 Å². The zero-order valence-corrected chi connectivity index (χ0v) is 16.1. The smallest absolute Gasteiger partial charge is 0.343 e. The van der Waals surface area contributed by atoms with E-state index in [-0.39, 0.29) is 28.2 Å². The molecule has 0 fully saturated rings. The molecule has 0 radical (unpaired) electrons. The van der Waals surface area contributed by atoms with E-state index >= 15 is 0 Å². The molecular formula is C19H14Cl2N2O5. The van der Waals surface area contributed by atoms with Gasteiger partial charge in [0.25, 0.3) is 0 Å². The second kappa shape index (κ2) is 8.77. The molecule has 0 aliphatic carbocycles. The number of para-hydroxylation sites is 1. The molecule has 0 bridgehead atoms. The second-order valence-corrected chi connectivity index (χ2v) is 6.34. The fourth-order valence-electron chi connectivity index (χ4n) is 2.30. The van der Waals surface area contributed by atoms with Crippen LogP contribution in [0.1, 0.15) is 16.1 Å². The van der Waals surface area contributed by atoms with Crippen LogP contribution in [0, 0.1) is 0 Å². The molecule has 28 heavy (non-hydrogen) atoms. The molecule has 144 valence electrons. The molecule has 0 spiro atoms. The van der Waals surface area contributed by atoms with Gasteiger partial charge in [0, 0.05) is 5.39 Å². The summed E-state index contributed by atoms with van der Waals surface area (Å²) in [6.07, 6.45) is 1.36. The van der Waals surface area contributed by atoms with Crippen LogP contribution in [0.2, 0.25) is 10.0 Å². The van der Waals surface area contributed by atoms with Gasteiger partial charge in [-0.1, -0.05) is 41.4 Å². The van der Waals surface area contributed by atoms with Crippen molar-refractivity contribution in [2.45, 2.75) is 0 Å². The van der Waals surface area contributed by atoms with Crippen molar-refractivity contribution < 1.29 is 23.5 Å². The van der Waals surface area contributed by atoms with Crippen LogP contribution in [0.5, 0.6) is 5.75 Å². The van der Waals surface area contributed by atoms with Gasteiger partial charge in [-0.2, -0.15) is 5.10 Å². The number of esters is 1. The third kappa shape index (κ3) is 4.62. The van der Waals surface area contributed by atoms with E-state index in [1.165, 1.54) is 25.5 Å². The van der Waals surface area contributed by atoms with Gasteiger partial charge >= 0.3 is 11.9 Å². The summed E-state index contributed by atoms with van der Waals surface area (Å²) in [5, 5.41) is 5.05. The standard InChI is InChI=1S/C19H14Cl2N2O5/c1-26-17(24)10-27-18-13(20)6-11(7-14(18)21)9-22-23-19(25)16-8-12-4-2-3-5-15(12)28-16/h2-9H,10H2,1H3,(H,23,25)/b22-9+. The maximum absolute atomic E-state index is 12.1. The molecule has 7 nitrogen and oxygen atoms in total. The third-order valence-corrected chi connectivity index (χ3v) is 4.17. The van der Waals surface area contributed by atoms with Gasteiger partial charge in [-0.05, 0) is 29.8 Å². The monoisotopic (exact) mass is 420 g/mol. The molecule has 2 aromatic carbocycles. The number of hydrogen-bond acceptors (Lipinski definition) is 6. The van der Waals surface area contributed by atoms with Gasteiger partial charge in [0.15, 0.2) is 18.1 Å². The number of halogens is 2. The van der Waals surface area contributed by atoms with Crippen LogP contribution in [0.4, 0.5) is 0 Å². The van der Waals surface area contributed by atoms with E-state index in [9.17, 15) is 9.59 Å². The Morgan fingerprint density at radius 1 is 1.18 bits per heavy atom. The largest absolute Gasteiger partial charge is 0.479 e. The Bertz CT molecular complexity index is 1010. The molecule has 3 rings (SSSR count). The summed E-state index contributed by atoms with van der Waals surface area (Å²) < 4.78 is 15.2. The molecular weight excluding hydrogens is 407 g/mol. The maximum atomic E-state index is 12.1. The Kier molecular flexibility index (Phi) is 6.18. The fraction of sp³-hybridized carbons (Fsp3) is 0.105. The Labute approximate surface area is 169 Å². The van der Waals surface area contributed by atoms with Gasteiger partial charge in [0.05, 0.1) is 23.4 Å². The molecule has 0 aliphatic heterocycles. The summed E-state index contributed by atoms with van der Waals surface area (Å²) in [6.45, 7) is -0.322. The Hall–Kier alpha value is -3.03. The first-order chi connectivity index (χ1) is 13.5. The lowest BCUT2D eigenvalue weighted by Crippen LogP contribution is -2.16. The van der Waals surface area contributed by atoms with Crippen LogP contribution < -0.4 is 10.2 Å². The van der Waals surface area contributed by atoms with Crippen LogP contribution >= 0.6 is 23.2 Å². The minimum absolute atomic E-state index is 0.140. The number of nitrogens with zero attached hydrogens (tertiary/aromatic N) is 1. The first-order valence-corrected chi connectivity index (χ1v) is 8.74. The van der Waals surface area contributed by atoms with E-state index in [1.54, 1.807) is 12.1 Å². The first kappa shape index (κ1) is 19.7. The van der Waals surface area contributed by atoms with Crippen molar-refractivity contribution >= 4 is 52.3 Å². The highest BCUT2D eigenvalue weighted by Crippen LogP contribution is 2.33. The number of fused-ring (bicyclic) bond motifs is 1. The minimum Gasteiger partial charge on any atom is -0.479 e. The van der Waals surface area contributed by atoms with E-state index in [4.69, 9.17) is 32.4 Å². The summed E-state index contributed by atoms with van der Waals surface area (Å²) >= 11 is 12.2. The number of hydrogen-bond donors (Lipinski definition) is 1. The predicted octanol–water partition coefficient (Wildman–Crippen LogP) is 4.06. The fourth-order valence-corrected chi connectivity index (χ4v) is 2.91. The molecule has 0 atom stereocenters. The topological polar surface area (TPSA) is 90.1 Å². The number of furan rings is 1. The number of ether oxygens (including phenoxy) is 2. The molecule has 1 aromatic heterocycles. The molecule has 0 saturated carbocycles. The molecule has 1 heterocycles. The lowest BCUT2D eigenvalue weighted by atomic mass is 10.2. The Morgan fingerprint density at radius 3 is 2.57 bits per heavy atom. The highest BCUT2D eigenvalue weighted by atomic mass is 35.5. The Balaban J connectivity index is 1.66. The average Bonchev–Trinajstić information content (AvgIpc) is 3.11. The lowest BCUT2D eigenvalue weighted by molar-refractivity contribution is -0.142. The molecule has 0 aliphatic rings. The normalized spacial score (nSPS) is 11.0. The van der Waals surface area contributed by atoms with E-state index in [2.05, 4.69) is 15.3 Å². The molecule has 3 aromatic rings. The van der Waals surface area contributed by atoms with Gasteiger partial charge in [-0.3, -0.25) is 4.79 Å². The first-order valence-electron chi connectivity index (χ1n) is 7.98. The highest BCUT2D eigenvalue weighted by molar-refractivity contribution is 6.37. The lowest BCUT2D eigenvalue weighted by Gasteiger charge is -2.09. The van der Waals surface area contributed by atoms with Gasteiger partial charge in [-0.15, -0.1) is 0 Å². The number of nitrogens with one attached hydrogen (secondary N) is 1. The van der Waals surface area contributed by atoms with Crippen LogP contribution in [-0.2, 0) is 9.53 Å². The second-order valence-electron chi connectivity index (χ2n) is 5.53. The van der Waals surface area contributed by atoms with Crippen molar-refractivity contribution in [3.05, 3.63) is 63.8 Å². The van der Waals surface area contributed by atoms with Crippen molar-refractivity contribution in [3.8, 4) is 5.75 Å². The highest BCUT2D eigenvalue weighted by Gasteiger charge is 2.13. The van der Waals surface area contributed by atoms with E-state index in [0.29, 0.717) is 11.1 Å². The number of amides is 1. The van der Waals surface area contributed by atoms with Crippen molar-refractivity contribution in [1.82, 2.24) is 5.43 Å². The zero-order chi connectivity index (χ0) is 20.1. The van der Waals surface area contributed by atoms with E-state index in [0.717, 1.165) is 5.39 Å². The van der Waals surface area contributed by atoms with Crippen LogP contribution in [0.25, 0.3) is 11.0 Å². The van der Waals surface area contributed by atoms with Crippen molar-refractivity contribution in [1.29, 1.82) is 0 Å². The molecule has 1 N–H and O–H groups in total. The minimum atomic E-state index is -0.564. The SMILES string of the molecule is COC(=O)COc1c(Cl)cc(/C=N/NC(=O)c2cc3ccccc3o2)cc1Cl. The van der Waals surface area contributed by atoms with Crippen LogP contribution in [-0.4, -0.2) is 31.8 Å². The average molecular weight is 421 g/mol. The zero-order valence-electron chi connectivity index (χ0n) is 14.6. The summed E-state index contributed by atoms with van der Waals surface area (Å²) in [6, 6.07) is 12.0. The van der Waals surface area contributed by atoms with Gasteiger partial charge < -0.3 is 13.9 Å². The number of carbonyl (C=O) groups is 2. The summed E-state index contributed by atoms with van der Waals surface area (Å²) in [5.41, 5.74) is 3.50. The van der Waals surface area contributed by atoms with Crippen LogP contribution in [0.15, 0.2) is 52.0 Å². The van der Waals surface area contributed by atoms with Gasteiger partial charge in [-0.25, -0.2) is 10.2 Å². The molecule has 1 amide bonds. The number of benzene rings is 2. The number of carbonyl (C=O) groups excluding carboxylic acids is 2. The number of rotatable bonds is 6. The van der Waals surface area contributed by atoms with Gasteiger partial charge in [0.2, 0.25) is 0 Å². The number of hydrazone groups is 1. The molecule has 9 heteroatoms. The summed E-state index contributed by atoms with van der Waals surface area (Å²) in [7, 11) is 1.24. The summed E-state index contributed by atoms with van der Waals surface area (Å²) in [4.78, 5) is 23.3. The molecule has 0 unspecified atom stereocenters. The van der Waals surface area contributed by atoms with Crippen molar-refractivity contribution in [3.63, 3.8) is 0 Å². The van der Waals surface area contributed by atoms with Gasteiger partial charge in [0.1, 0.15) is 5.58 Å². The third-order valence-electron chi connectivity index (χ3n) is 3.61. The summed E-state index contributed by atoms with van der Waals surface area (Å²) in [5.74, 6) is -0.771. The maximum Gasteiger partial charge on any atom is 0.343 e. The predicted molar refractivity (Wildman–Crippen MR) is 105 cm³/mol.